The van der Waals surface area contributed by atoms with Crippen LogP contribution in [-0.4, -0.2) is 22.8 Å². The highest BCUT2D eigenvalue weighted by Gasteiger charge is 2.39. The van der Waals surface area contributed by atoms with Crippen molar-refractivity contribution in [2.75, 3.05) is 10.3 Å². The molecule has 0 bridgehead atoms. The van der Waals surface area contributed by atoms with Crippen LogP contribution in [0.15, 0.2) is 48.5 Å². The molecule has 2 heterocycles. The van der Waals surface area contributed by atoms with Gasteiger partial charge in [0.15, 0.2) is 5.13 Å². The van der Waals surface area contributed by atoms with Crippen LogP contribution in [0.1, 0.15) is 12.0 Å². The van der Waals surface area contributed by atoms with Crippen molar-refractivity contribution in [2.45, 2.75) is 19.4 Å². The van der Waals surface area contributed by atoms with Crippen LogP contribution in [0, 0.1) is 6.92 Å². The number of anilines is 2. The van der Waals surface area contributed by atoms with Gasteiger partial charge in [0.2, 0.25) is 5.91 Å². The molecule has 2 N–H and O–H groups in total. The van der Waals surface area contributed by atoms with E-state index in [1.165, 1.54) is 16.2 Å². The molecule has 7 heteroatoms. The number of imide groups is 1. The largest absolute Gasteiger partial charge is 0.296 e. The van der Waals surface area contributed by atoms with Crippen molar-refractivity contribution in [2.24, 2.45) is 0 Å². The number of benzene rings is 2. The molecule has 3 aromatic rings. The molecule has 2 amide bonds. The molecule has 6 nitrogen and oxygen atoms in total. The summed E-state index contributed by atoms with van der Waals surface area (Å²) in [6.07, 6.45) is 0.116. The Bertz CT molecular complexity index is 935. The zero-order valence-electron chi connectivity index (χ0n) is 13.5. The van der Waals surface area contributed by atoms with E-state index >= 15 is 0 Å². The number of rotatable bonds is 4. The van der Waals surface area contributed by atoms with Gasteiger partial charge in [0.05, 0.1) is 22.3 Å². The van der Waals surface area contributed by atoms with Gasteiger partial charge in [0.25, 0.3) is 5.91 Å². The number of aryl methyl sites for hydroxylation is 1. The summed E-state index contributed by atoms with van der Waals surface area (Å²) in [7, 11) is 0. The number of hydrogen-bond acceptors (Lipinski definition) is 6. The lowest BCUT2D eigenvalue weighted by atomic mass is 10.2. The molecule has 1 aliphatic rings. The Balaban J connectivity index is 1.48. The second-order valence-corrected chi connectivity index (χ2v) is 6.95. The van der Waals surface area contributed by atoms with Crippen molar-refractivity contribution in [1.29, 1.82) is 0 Å². The molecule has 0 saturated carbocycles. The molecule has 0 aliphatic carbocycles. The number of carbonyl (C=O) groups is 2. The monoisotopic (exact) mass is 352 g/mol. The van der Waals surface area contributed by atoms with Crippen LogP contribution in [0.4, 0.5) is 10.8 Å². The van der Waals surface area contributed by atoms with Gasteiger partial charge in [-0.3, -0.25) is 15.0 Å². The van der Waals surface area contributed by atoms with E-state index in [1.54, 1.807) is 6.07 Å². The highest BCUT2D eigenvalue weighted by molar-refractivity contribution is 7.22. The third-order valence-corrected chi connectivity index (χ3v) is 5.01. The van der Waals surface area contributed by atoms with Crippen LogP contribution in [0.25, 0.3) is 10.2 Å². The molecule has 1 aromatic heterocycles. The molecule has 0 spiro atoms. The molecule has 1 aliphatic heterocycles. The summed E-state index contributed by atoms with van der Waals surface area (Å²) in [6, 6.07) is 14.6. The molecule has 2 aromatic carbocycles. The van der Waals surface area contributed by atoms with E-state index in [9.17, 15) is 9.59 Å². The van der Waals surface area contributed by atoms with Gasteiger partial charge >= 0.3 is 0 Å². The lowest BCUT2D eigenvalue weighted by molar-refractivity contribution is -0.121. The number of fused-ring (bicyclic) bond motifs is 1. The summed E-state index contributed by atoms with van der Waals surface area (Å²) in [5.74, 6) is -0.469. The smallest absolute Gasteiger partial charge is 0.253 e. The van der Waals surface area contributed by atoms with Crippen LogP contribution in [0.3, 0.4) is 0 Å². The summed E-state index contributed by atoms with van der Waals surface area (Å²) in [6.45, 7) is 1.93. The number of carbonyl (C=O) groups excluding carboxylic acids is 2. The average molecular weight is 352 g/mol. The Labute approximate surface area is 148 Å². The quantitative estimate of drug-likeness (QED) is 0.558. The first-order valence-electron chi connectivity index (χ1n) is 7.92. The average Bonchev–Trinajstić information content (AvgIpc) is 3.13. The molecule has 1 fully saturated rings. The second kappa shape index (κ2) is 6.27. The number of hydrogen-bond donors (Lipinski definition) is 2. The minimum absolute atomic E-state index is 0.116. The molecule has 25 heavy (non-hydrogen) atoms. The number of nitrogens with zero attached hydrogens (tertiary/aromatic N) is 2. The molecule has 126 valence electrons. The Morgan fingerprint density at radius 1 is 1.16 bits per heavy atom. The van der Waals surface area contributed by atoms with Crippen molar-refractivity contribution in [3.05, 3.63) is 54.1 Å². The normalized spacial score (nSPS) is 17.5. The maximum Gasteiger partial charge on any atom is 0.253 e. The lowest BCUT2D eigenvalue weighted by Gasteiger charge is -2.16. The van der Waals surface area contributed by atoms with Crippen molar-refractivity contribution < 1.29 is 9.59 Å². The van der Waals surface area contributed by atoms with Gasteiger partial charge in [-0.2, -0.15) is 0 Å². The van der Waals surface area contributed by atoms with Crippen LogP contribution in [0.5, 0.6) is 0 Å². The zero-order chi connectivity index (χ0) is 17.4. The number of thiazole rings is 1. The van der Waals surface area contributed by atoms with Crippen molar-refractivity contribution in [3.8, 4) is 0 Å². The number of amides is 2. The fourth-order valence-corrected chi connectivity index (χ4v) is 3.68. The van der Waals surface area contributed by atoms with Crippen LogP contribution < -0.4 is 15.8 Å². The minimum atomic E-state index is -0.611. The van der Waals surface area contributed by atoms with E-state index < -0.39 is 6.04 Å². The van der Waals surface area contributed by atoms with E-state index in [4.69, 9.17) is 0 Å². The van der Waals surface area contributed by atoms with Gasteiger partial charge in [-0.25, -0.2) is 15.3 Å². The van der Waals surface area contributed by atoms with E-state index in [-0.39, 0.29) is 18.2 Å². The number of aromatic nitrogens is 1. The Morgan fingerprint density at radius 2 is 2.00 bits per heavy atom. The fraction of sp³-hybridized carbons (Fsp3) is 0.167. The first kappa shape index (κ1) is 15.7. The molecule has 0 unspecified atom stereocenters. The first-order valence-corrected chi connectivity index (χ1v) is 8.74. The maximum atomic E-state index is 12.6. The van der Waals surface area contributed by atoms with E-state index in [2.05, 4.69) is 15.8 Å². The first-order chi connectivity index (χ1) is 12.1. The standard InChI is InChI=1S/C18H16N4O2S/c1-11-5-4-6-12(9-11)22-16(23)10-14(17(22)24)20-21-18-19-13-7-2-3-8-15(13)25-18/h2-9,14,20H,10H2,1H3,(H,19,21)/t14-/m1/s1. The summed E-state index contributed by atoms with van der Waals surface area (Å²) < 4.78 is 1.06. The summed E-state index contributed by atoms with van der Waals surface area (Å²) >= 11 is 1.49. The maximum absolute atomic E-state index is 12.6. The third-order valence-electron chi connectivity index (χ3n) is 4.05. The Kier molecular flexibility index (Phi) is 3.95. The highest BCUT2D eigenvalue weighted by atomic mass is 32.1. The predicted molar refractivity (Wildman–Crippen MR) is 98.5 cm³/mol. The Morgan fingerprint density at radius 3 is 2.80 bits per heavy atom. The molecule has 4 rings (SSSR count). The van der Waals surface area contributed by atoms with Gasteiger partial charge in [0, 0.05) is 0 Å². The second-order valence-electron chi connectivity index (χ2n) is 5.92. The van der Waals surface area contributed by atoms with Crippen molar-refractivity contribution in [3.63, 3.8) is 0 Å². The number of para-hydroxylation sites is 1. The summed E-state index contributed by atoms with van der Waals surface area (Å²) in [5.41, 5.74) is 8.42. The lowest BCUT2D eigenvalue weighted by Crippen LogP contribution is -2.41. The van der Waals surface area contributed by atoms with E-state index in [0.29, 0.717) is 10.8 Å². The highest BCUT2D eigenvalue weighted by Crippen LogP contribution is 2.26. The fourth-order valence-electron chi connectivity index (χ4n) is 2.86. The van der Waals surface area contributed by atoms with Crippen LogP contribution in [0.2, 0.25) is 0 Å². The van der Waals surface area contributed by atoms with Gasteiger partial charge in [-0.1, -0.05) is 35.6 Å². The Hall–Kier alpha value is -2.77. The van der Waals surface area contributed by atoms with Crippen molar-refractivity contribution >= 4 is 44.2 Å². The number of nitrogens with one attached hydrogen (secondary N) is 2. The number of hydrazine groups is 1. The van der Waals surface area contributed by atoms with E-state index in [0.717, 1.165) is 15.8 Å². The molecular formula is C18H16N4O2S. The molecular weight excluding hydrogens is 336 g/mol. The topological polar surface area (TPSA) is 74.3 Å². The predicted octanol–water partition coefficient (Wildman–Crippen LogP) is 2.85. The van der Waals surface area contributed by atoms with Crippen LogP contribution in [-0.2, 0) is 9.59 Å². The third kappa shape index (κ3) is 2.99. The minimum Gasteiger partial charge on any atom is -0.296 e. The molecule has 1 atom stereocenters. The van der Waals surface area contributed by atoms with E-state index in [1.807, 2.05) is 49.4 Å². The summed E-state index contributed by atoms with van der Waals surface area (Å²) in [5, 5.41) is 0.662. The zero-order valence-corrected chi connectivity index (χ0v) is 14.3. The van der Waals surface area contributed by atoms with Gasteiger partial charge in [-0.05, 0) is 36.8 Å². The van der Waals surface area contributed by atoms with Gasteiger partial charge in [-0.15, -0.1) is 0 Å². The van der Waals surface area contributed by atoms with Gasteiger partial charge in [0.1, 0.15) is 6.04 Å². The molecule has 1 saturated heterocycles. The SMILES string of the molecule is Cc1cccc(N2C(=O)C[C@@H](NNc3nc4ccccc4s3)C2=O)c1. The van der Waals surface area contributed by atoms with Gasteiger partial charge < -0.3 is 0 Å². The van der Waals surface area contributed by atoms with Crippen molar-refractivity contribution in [1.82, 2.24) is 10.4 Å². The molecule has 0 radical (unpaired) electrons. The summed E-state index contributed by atoms with van der Waals surface area (Å²) in [4.78, 5) is 30.6. The van der Waals surface area contributed by atoms with Crippen LogP contribution >= 0.6 is 11.3 Å².